The number of esters is 1. The third-order valence-electron chi connectivity index (χ3n) is 4.56. The molecule has 164 valence electrons. The molecular weight excluding hydrogens is 406 g/mol. The van der Waals surface area contributed by atoms with Crippen LogP contribution in [-0.4, -0.2) is 36.1 Å². The summed E-state index contributed by atoms with van der Waals surface area (Å²) in [5.41, 5.74) is 3.20. The summed E-state index contributed by atoms with van der Waals surface area (Å²) in [5, 5.41) is 0. The van der Waals surface area contributed by atoms with E-state index in [1.807, 2.05) is 68.7 Å². The van der Waals surface area contributed by atoms with Crippen molar-refractivity contribution in [3.05, 3.63) is 71.9 Å². The highest BCUT2D eigenvalue weighted by Gasteiger charge is 2.18. The first kappa shape index (κ1) is 21.4. The molecule has 0 saturated heterocycles. The van der Waals surface area contributed by atoms with Crippen LogP contribution < -0.4 is 4.74 Å². The Morgan fingerprint density at radius 3 is 2.50 bits per heavy atom. The first-order valence-corrected chi connectivity index (χ1v) is 10.3. The second-order valence-corrected chi connectivity index (χ2v) is 8.36. The van der Waals surface area contributed by atoms with Crippen LogP contribution in [-0.2, 0) is 22.6 Å². The molecule has 0 aliphatic carbocycles. The number of hydrogen-bond acceptors (Lipinski definition) is 7. The third kappa shape index (κ3) is 4.91. The largest absolute Gasteiger partial charge is 0.460 e. The highest BCUT2D eigenvalue weighted by Crippen LogP contribution is 2.26. The van der Waals surface area contributed by atoms with Crippen LogP contribution in [0, 0.1) is 6.92 Å². The van der Waals surface area contributed by atoms with Crippen molar-refractivity contribution in [2.45, 2.75) is 46.3 Å². The van der Waals surface area contributed by atoms with Crippen molar-refractivity contribution in [2.24, 2.45) is 0 Å². The van der Waals surface area contributed by atoms with Gasteiger partial charge in [-0.2, -0.15) is 4.98 Å². The van der Waals surface area contributed by atoms with Crippen molar-refractivity contribution in [3.63, 3.8) is 0 Å². The number of pyridine rings is 1. The van der Waals surface area contributed by atoms with Gasteiger partial charge < -0.3 is 9.47 Å². The van der Waals surface area contributed by atoms with Crippen molar-refractivity contribution < 1.29 is 14.3 Å². The fraction of sp³-hybridized carbons (Fsp3) is 0.292. The van der Waals surface area contributed by atoms with E-state index < -0.39 is 5.60 Å². The molecule has 0 saturated carbocycles. The van der Waals surface area contributed by atoms with Crippen molar-refractivity contribution >= 4 is 17.0 Å². The number of benzene rings is 1. The van der Waals surface area contributed by atoms with Crippen molar-refractivity contribution in [1.82, 2.24) is 24.5 Å². The van der Waals surface area contributed by atoms with E-state index in [0.29, 0.717) is 23.2 Å². The quantitative estimate of drug-likeness (QED) is 0.426. The van der Waals surface area contributed by atoms with Gasteiger partial charge >= 0.3 is 12.0 Å². The minimum absolute atomic E-state index is 0.0996. The van der Waals surface area contributed by atoms with E-state index in [2.05, 4.69) is 19.9 Å². The number of hydrogen-bond donors (Lipinski definition) is 0. The molecule has 0 spiro atoms. The standard InChI is InChI=1S/C24H25N5O3/c1-16-22(26-13-12-25-16)29-20-11-6-5-10-19(20)28-23(29)31-15-18-9-7-8-17(27-18)14-21(30)32-24(2,3)4/h5-13H,14-15H2,1-4H3. The fourth-order valence-corrected chi connectivity index (χ4v) is 3.30. The zero-order valence-electron chi connectivity index (χ0n) is 18.6. The van der Waals surface area contributed by atoms with E-state index in [4.69, 9.17) is 9.47 Å². The second-order valence-electron chi connectivity index (χ2n) is 8.36. The Kier molecular flexibility index (Phi) is 5.85. The van der Waals surface area contributed by atoms with Crippen LogP contribution in [0.2, 0.25) is 0 Å². The fourth-order valence-electron chi connectivity index (χ4n) is 3.30. The number of fused-ring (bicyclic) bond motifs is 1. The number of nitrogens with zero attached hydrogens (tertiary/aromatic N) is 5. The van der Waals surface area contributed by atoms with E-state index in [1.165, 1.54) is 0 Å². The summed E-state index contributed by atoms with van der Waals surface area (Å²) in [4.78, 5) is 30.1. The van der Waals surface area contributed by atoms with Crippen LogP contribution in [0.3, 0.4) is 0 Å². The zero-order valence-corrected chi connectivity index (χ0v) is 18.6. The van der Waals surface area contributed by atoms with Gasteiger partial charge in [-0.05, 0) is 52.0 Å². The molecule has 0 fully saturated rings. The molecule has 32 heavy (non-hydrogen) atoms. The van der Waals surface area contributed by atoms with Crippen LogP contribution in [0.4, 0.5) is 0 Å². The number of aromatic nitrogens is 5. The second kappa shape index (κ2) is 8.74. The average Bonchev–Trinajstić information content (AvgIpc) is 3.10. The van der Waals surface area contributed by atoms with Crippen molar-refractivity contribution in [2.75, 3.05) is 0 Å². The van der Waals surface area contributed by atoms with Crippen molar-refractivity contribution in [3.8, 4) is 11.8 Å². The minimum Gasteiger partial charge on any atom is -0.460 e. The van der Waals surface area contributed by atoms with Gasteiger partial charge in [0.15, 0.2) is 5.82 Å². The van der Waals surface area contributed by atoms with Gasteiger partial charge in [-0.1, -0.05) is 18.2 Å². The van der Waals surface area contributed by atoms with E-state index in [-0.39, 0.29) is 19.0 Å². The van der Waals surface area contributed by atoms with Gasteiger partial charge in [-0.25, -0.2) is 9.55 Å². The molecular formula is C24H25N5O3. The SMILES string of the molecule is Cc1nccnc1-n1c(OCc2cccc(CC(=O)OC(C)(C)C)n2)nc2ccccc21. The number of carbonyl (C=O) groups excluding carboxylic acids is 1. The number of carbonyl (C=O) groups is 1. The molecule has 0 amide bonds. The Bertz CT molecular complexity index is 1260. The number of rotatable bonds is 6. The minimum atomic E-state index is -0.532. The van der Waals surface area contributed by atoms with E-state index in [9.17, 15) is 4.79 Å². The summed E-state index contributed by atoms with van der Waals surface area (Å²) in [7, 11) is 0. The molecule has 0 bridgehead atoms. The zero-order chi connectivity index (χ0) is 22.7. The van der Waals surface area contributed by atoms with E-state index in [1.54, 1.807) is 18.5 Å². The van der Waals surface area contributed by atoms with Gasteiger partial charge in [0.05, 0.1) is 34.5 Å². The predicted octanol–water partition coefficient (Wildman–Crippen LogP) is 3.98. The average molecular weight is 431 g/mol. The van der Waals surface area contributed by atoms with E-state index >= 15 is 0 Å². The first-order valence-electron chi connectivity index (χ1n) is 10.3. The maximum atomic E-state index is 12.1. The summed E-state index contributed by atoms with van der Waals surface area (Å²) in [6.45, 7) is 7.60. The lowest BCUT2D eigenvalue weighted by molar-refractivity contribution is -0.154. The topological polar surface area (TPSA) is 92.0 Å². The van der Waals surface area contributed by atoms with Crippen LogP contribution in [0.15, 0.2) is 54.9 Å². The lowest BCUT2D eigenvalue weighted by Gasteiger charge is -2.19. The molecule has 4 rings (SSSR count). The molecule has 0 aliphatic rings. The molecule has 8 nitrogen and oxygen atoms in total. The van der Waals surface area contributed by atoms with Gasteiger partial charge in [-0.15, -0.1) is 0 Å². The smallest absolute Gasteiger partial charge is 0.312 e. The monoisotopic (exact) mass is 431 g/mol. The van der Waals surface area contributed by atoms with Gasteiger partial charge in [0.25, 0.3) is 0 Å². The molecule has 3 aromatic heterocycles. The predicted molar refractivity (Wildman–Crippen MR) is 120 cm³/mol. The number of imidazole rings is 1. The van der Waals surface area contributed by atoms with Gasteiger partial charge in [0.2, 0.25) is 0 Å². The van der Waals surface area contributed by atoms with Crippen LogP contribution in [0.5, 0.6) is 6.01 Å². The maximum absolute atomic E-state index is 12.1. The summed E-state index contributed by atoms with van der Waals surface area (Å²) in [6, 6.07) is 13.6. The number of aryl methyl sites for hydroxylation is 1. The van der Waals surface area contributed by atoms with Gasteiger partial charge in [0, 0.05) is 12.4 Å². The molecule has 0 N–H and O–H groups in total. The summed E-state index contributed by atoms with van der Waals surface area (Å²) in [6.07, 6.45) is 3.39. The molecule has 1 aromatic carbocycles. The highest BCUT2D eigenvalue weighted by atomic mass is 16.6. The number of para-hydroxylation sites is 2. The first-order chi connectivity index (χ1) is 15.3. The normalized spacial score (nSPS) is 11.5. The lowest BCUT2D eigenvalue weighted by Crippen LogP contribution is -2.25. The summed E-state index contributed by atoms with van der Waals surface area (Å²) >= 11 is 0. The van der Waals surface area contributed by atoms with Crippen LogP contribution in [0.25, 0.3) is 16.9 Å². The van der Waals surface area contributed by atoms with Crippen LogP contribution in [0.1, 0.15) is 37.9 Å². The maximum Gasteiger partial charge on any atom is 0.312 e. The van der Waals surface area contributed by atoms with Gasteiger partial charge in [0.1, 0.15) is 12.2 Å². The molecule has 3 heterocycles. The summed E-state index contributed by atoms with van der Waals surface area (Å²) in [5.74, 6) is 0.339. The highest BCUT2D eigenvalue weighted by molar-refractivity contribution is 5.78. The summed E-state index contributed by atoms with van der Waals surface area (Å²) < 4.78 is 13.3. The molecule has 8 heteroatoms. The lowest BCUT2D eigenvalue weighted by atomic mass is 10.2. The van der Waals surface area contributed by atoms with Gasteiger partial charge in [-0.3, -0.25) is 14.8 Å². The molecule has 0 unspecified atom stereocenters. The molecule has 4 aromatic rings. The van der Waals surface area contributed by atoms with Crippen LogP contribution >= 0.6 is 0 Å². The number of ether oxygens (including phenoxy) is 2. The Balaban J connectivity index is 1.57. The Labute approximate surface area is 186 Å². The molecule has 0 radical (unpaired) electrons. The Morgan fingerprint density at radius 1 is 0.969 bits per heavy atom. The Morgan fingerprint density at radius 2 is 1.72 bits per heavy atom. The van der Waals surface area contributed by atoms with E-state index in [0.717, 1.165) is 16.7 Å². The third-order valence-corrected chi connectivity index (χ3v) is 4.56. The van der Waals surface area contributed by atoms with Crippen molar-refractivity contribution in [1.29, 1.82) is 0 Å². The molecule has 0 aliphatic heterocycles. The Hall–Kier alpha value is -3.81. The molecule has 0 atom stereocenters.